The van der Waals surface area contributed by atoms with E-state index in [0.29, 0.717) is 50.6 Å². The molecule has 1 aliphatic rings. The third kappa shape index (κ3) is 5.01. The lowest BCUT2D eigenvalue weighted by Crippen LogP contribution is -2.41. The van der Waals surface area contributed by atoms with Crippen LogP contribution in [0.15, 0.2) is 35.2 Å². The second-order valence-corrected chi connectivity index (χ2v) is 7.56. The number of nitrogens with zero attached hydrogens (tertiary/aromatic N) is 2. The molecule has 0 spiro atoms. The lowest BCUT2D eigenvalue weighted by molar-refractivity contribution is -0.130. The molecule has 2 rings (SSSR count). The van der Waals surface area contributed by atoms with Gasteiger partial charge in [-0.05, 0) is 18.6 Å². The van der Waals surface area contributed by atoms with Crippen molar-refractivity contribution >= 4 is 15.9 Å². The van der Waals surface area contributed by atoms with E-state index in [0.717, 1.165) is 0 Å². The molecule has 0 radical (unpaired) electrons. The summed E-state index contributed by atoms with van der Waals surface area (Å²) in [5.41, 5.74) is 0. The number of carbonyl (C=O) groups is 1. The van der Waals surface area contributed by atoms with Crippen molar-refractivity contribution in [1.29, 1.82) is 0 Å². The minimum atomic E-state index is -3.50. The van der Waals surface area contributed by atoms with E-state index in [1.807, 2.05) is 0 Å². The molecule has 1 heterocycles. The molecule has 24 heavy (non-hydrogen) atoms. The third-order valence-electron chi connectivity index (χ3n) is 3.95. The molecule has 0 aliphatic carbocycles. The lowest BCUT2D eigenvalue weighted by Gasteiger charge is -2.22. The van der Waals surface area contributed by atoms with Crippen LogP contribution < -0.4 is 5.32 Å². The van der Waals surface area contributed by atoms with Crippen molar-refractivity contribution in [2.24, 2.45) is 0 Å². The first-order valence-corrected chi connectivity index (χ1v) is 9.52. The SMILES string of the molecule is COCCNCC(=O)N1CCCN(S(=O)(=O)c2ccccc2)CC1. The zero-order valence-electron chi connectivity index (χ0n) is 14.0. The van der Waals surface area contributed by atoms with Crippen LogP contribution in [0.25, 0.3) is 0 Å². The molecule has 0 saturated carbocycles. The van der Waals surface area contributed by atoms with Gasteiger partial charge in [-0.3, -0.25) is 4.79 Å². The van der Waals surface area contributed by atoms with Crippen LogP contribution >= 0.6 is 0 Å². The molecule has 1 amide bonds. The summed E-state index contributed by atoms with van der Waals surface area (Å²) in [5, 5.41) is 3.02. The minimum absolute atomic E-state index is 0.00920. The van der Waals surface area contributed by atoms with Gasteiger partial charge in [-0.2, -0.15) is 4.31 Å². The van der Waals surface area contributed by atoms with E-state index >= 15 is 0 Å². The number of methoxy groups -OCH3 is 1. The molecular weight excluding hydrogens is 330 g/mol. The van der Waals surface area contributed by atoms with E-state index in [2.05, 4.69) is 5.32 Å². The number of amides is 1. The number of ether oxygens (including phenoxy) is 1. The van der Waals surface area contributed by atoms with Crippen LogP contribution in [0.4, 0.5) is 0 Å². The first kappa shape index (κ1) is 18.9. The molecule has 1 fully saturated rings. The van der Waals surface area contributed by atoms with Gasteiger partial charge in [0, 0.05) is 39.8 Å². The van der Waals surface area contributed by atoms with Crippen molar-refractivity contribution in [3.05, 3.63) is 30.3 Å². The van der Waals surface area contributed by atoms with E-state index in [9.17, 15) is 13.2 Å². The maximum atomic E-state index is 12.7. The molecule has 1 aromatic carbocycles. The molecule has 0 atom stereocenters. The Morgan fingerprint density at radius 1 is 1.17 bits per heavy atom. The molecule has 1 aromatic rings. The average molecular weight is 355 g/mol. The Hall–Kier alpha value is -1.48. The zero-order valence-corrected chi connectivity index (χ0v) is 14.8. The van der Waals surface area contributed by atoms with Crippen molar-refractivity contribution in [1.82, 2.24) is 14.5 Å². The first-order valence-electron chi connectivity index (χ1n) is 8.08. The van der Waals surface area contributed by atoms with Crippen molar-refractivity contribution < 1.29 is 17.9 Å². The third-order valence-corrected chi connectivity index (χ3v) is 5.86. The van der Waals surface area contributed by atoms with Gasteiger partial charge in [-0.25, -0.2) is 8.42 Å². The zero-order chi connectivity index (χ0) is 17.4. The van der Waals surface area contributed by atoms with Gasteiger partial charge in [0.1, 0.15) is 0 Å². The maximum absolute atomic E-state index is 12.7. The highest BCUT2D eigenvalue weighted by atomic mass is 32.2. The molecule has 1 saturated heterocycles. The summed E-state index contributed by atoms with van der Waals surface area (Å²) >= 11 is 0. The molecule has 0 aromatic heterocycles. The van der Waals surface area contributed by atoms with Gasteiger partial charge in [0.2, 0.25) is 15.9 Å². The van der Waals surface area contributed by atoms with Crippen LogP contribution in [0.2, 0.25) is 0 Å². The van der Waals surface area contributed by atoms with Gasteiger partial charge >= 0.3 is 0 Å². The Morgan fingerprint density at radius 3 is 2.62 bits per heavy atom. The number of sulfonamides is 1. The molecule has 1 N–H and O–H groups in total. The van der Waals surface area contributed by atoms with E-state index in [1.54, 1.807) is 42.3 Å². The smallest absolute Gasteiger partial charge is 0.243 e. The first-order chi connectivity index (χ1) is 11.6. The predicted molar refractivity (Wildman–Crippen MR) is 91.1 cm³/mol. The average Bonchev–Trinajstić information content (AvgIpc) is 2.86. The monoisotopic (exact) mass is 355 g/mol. The topological polar surface area (TPSA) is 79.0 Å². The largest absolute Gasteiger partial charge is 0.383 e. The van der Waals surface area contributed by atoms with E-state index < -0.39 is 10.0 Å². The Morgan fingerprint density at radius 2 is 1.92 bits per heavy atom. The van der Waals surface area contributed by atoms with Crippen LogP contribution in [-0.2, 0) is 19.6 Å². The molecular formula is C16H25N3O4S. The number of carbonyl (C=O) groups excluding carboxylic acids is 1. The fourth-order valence-electron chi connectivity index (χ4n) is 2.61. The van der Waals surface area contributed by atoms with E-state index in [1.165, 1.54) is 4.31 Å². The van der Waals surface area contributed by atoms with E-state index in [-0.39, 0.29) is 12.5 Å². The summed E-state index contributed by atoms with van der Waals surface area (Å²) in [5.74, 6) is -0.00920. The summed E-state index contributed by atoms with van der Waals surface area (Å²) in [6.07, 6.45) is 0.635. The standard InChI is InChI=1S/C16H25N3O4S/c1-23-13-8-17-14-16(20)18-9-5-10-19(12-11-18)24(21,22)15-6-3-2-4-7-15/h2-4,6-7,17H,5,8-14H2,1H3. The predicted octanol–water partition coefficient (Wildman–Crippen LogP) is 0.146. The second kappa shape index (κ2) is 9.12. The van der Waals surface area contributed by atoms with Crippen LogP contribution in [0.5, 0.6) is 0 Å². The van der Waals surface area contributed by atoms with Gasteiger partial charge in [0.15, 0.2) is 0 Å². The van der Waals surface area contributed by atoms with Crippen LogP contribution in [0, 0.1) is 0 Å². The highest BCUT2D eigenvalue weighted by Crippen LogP contribution is 2.17. The summed E-state index contributed by atoms with van der Waals surface area (Å²) in [6, 6.07) is 8.42. The molecule has 0 bridgehead atoms. The van der Waals surface area contributed by atoms with Crippen LogP contribution in [0.1, 0.15) is 6.42 Å². The summed E-state index contributed by atoms with van der Waals surface area (Å²) in [7, 11) is -1.88. The fourth-order valence-corrected chi connectivity index (χ4v) is 4.10. The number of hydrogen-bond donors (Lipinski definition) is 1. The number of hydrogen-bond acceptors (Lipinski definition) is 5. The summed E-state index contributed by atoms with van der Waals surface area (Å²) < 4.78 is 31.7. The Kier molecular flexibility index (Phi) is 7.16. The molecule has 1 aliphatic heterocycles. The van der Waals surface area contributed by atoms with Gasteiger partial charge in [0.05, 0.1) is 18.0 Å². The second-order valence-electron chi connectivity index (χ2n) is 5.62. The summed E-state index contributed by atoms with van der Waals surface area (Å²) in [6.45, 7) is 3.15. The van der Waals surface area contributed by atoms with Crippen molar-refractivity contribution in [2.45, 2.75) is 11.3 Å². The highest BCUT2D eigenvalue weighted by Gasteiger charge is 2.27. The van der Waals surface area contributed by atoms with Gasteiger partial charge < -0.3 is 15.0 Å². The Balaban J connectivity index is 1.92. The van der Waals surface area contributed by atoms with Crippen LogP contribution in [0.3, 0.4) is 0 Å². The Bertz CT molecular complexity index is 621. The minimum Gasteiger partial charge on any atom is -0.383 e. The van der Waals surface area contributed by atoms with E-state index in [4.69, 9.17) is 4.74 Å². The number of nitrogens with one attached hydrogen (secondary N) is 1. The lowest BCUT2D eigenvalue weighted by atomic mass is 10.4. The highest BCUT2D eigenvalue weighted by molar-refractivity contribution is 7.89. The normalized spacial score (nSPS) is 16.8. The van der Waals surface area contributed by atoms with Crippen molar-refractivity contribution in [3.8, 4) is 0 Å². The van der Waals surface area contributed by atoms with Crippen LogP contribution in [-0.4, -0.2) is 76.5 Å². The number of rotatable bonds is 7. The quantitative estimate of drug-likeness (QED) is 0.704. The van der Waals surface area contributed by atoms with Crippen molar-refractivity contribution in [2.75, 3.05) is 53.0 Å². The van der Waals surface area contributed by atoms with Crippen molar-refractivity contribution in [3.63, 3.8) is 0 Å². The van der Waals surface area contributed by atoms with Gasteiger partial charge in [-0.15, -0.1) is 0 Å². The molecule has 8 heteroatoms. The Labute approximate surface area is 143 Å². The molecule has 7 nitrogen and oxygen atoms in total. The maximum Gasteiger partial charge on any atom is 0.243 e. The molecule has 0 unspecified atom stereocenters. The van der Waals surface area contributed by atoms with Gasteiger partial charge in [0.25, 0.3) is 0 Å². The summed E-state index contributed by atoms with van der Waals surface area (Å²) in [4.78, 5) is 14.2. The molecule has 134 valence electrons. The van der Waals surface area contributed by atoms with Gasteiger partial charge in [-0.1, -0.05) is 18.2 Å². The fraction of sp³-hybridized carbons (Fsp3) is 0.562. The number of benzene rings is 1.